The number of carbonyl (C=O) groups excluding carboxylic acids is 1. The Morgan fingerprint density at radius 1 is 1.22 bits per heavy atom. The van der Waals surface area contributed by atoms with Gasteiger partial charge < -0.3 is 21.1 Å². The molecule has 0 saturated carbocycles. The maximum absolute atomic E-state index is 11.6. The first kappa shape index (κ1) is 21.4. The summed E-state index contributed by atoms with van der Waals surface area (Å²) in [5, 5.41) is 20.9. The van der Waals surface area contributed by atoms with Crippen LogP contribution >= 0.6 is 0 Å². The van der Waals surface area contributed by atoms with Crippen molar-refractivity contribution in [3.8, 4) is 0 Å². The Balaban J connectivity index is 1.69. The Labute approximate surface area is 185 Å². The van der Waals surface area contributed by atoms with Gasteiger partial charge in [0, 0.05) is 18.8 Å². The fourth-order valence-electron chi connectivity index (χ4n) is 3.71. The van der Waals surface area contributed by atoms with E-state index < -0.39 is 6.03 Å². The molecular weight excluding hydrogens is 406 g/mol. The number of H-pyrrole nitrogens is 1. The number of nitrogen functional groups attached to an aromatic ring is 1. The van der Waals surface area contributed by atoms with Crippen LogP contribution in [0.1, 0.15) is 24.0 Å². The number of aliphatic hydroxyl groups is 1. The van der Waals surface area contributed by atoms with E-state index >= 15 is 0 Å². The summed E-state index contributed by atoms with van der Waals surface area (Å²) in [5.41, 5.74) is 15.7. The number of benzene rings is 2. The van der Waals surface area contributed by atoms with E-state index in [2.05, 4.69) is 20.4 Å². The number of nitrogens with two attached hydrogens (primary N) is 2. The van der Waals surface area contributed by atoms with Gasteiger partial charge >= 0.3 is 11.8 Å². The van der Waals surface area contributed by atoms with Crippen molar-refractivity contribution in [2.75, 3.05) is 29.0 Å². The molecule has 9 heteroatoms. The van der Waals surface area contributed by atoms with Crippen molar-refractivity contribution >= 4 is 35.0 Å². The minimum atomic E-state index is -0.675. The highest BCUT2D eigenvalue weighted by Crippen LogP contribution is 2.31. The molecule has 4 rings (SSSR count). The van der Waals surface area contributed by atoms with Gasteiger partial charge in [0.1, 0.15) is 5.69 Å². The van der Waals surface area contributed by atoms with E-state index in [4.69, 9.17) is 11.5 Å². The number of urea groups is 1. The molecule has 0 spiro atoms. The molecule has 1 aromatic heterocycles. The summed E-state index contributed by atoms with van der Waals surface area (Å²) in [6.07, 6.45) is 3.12. The maximum atomic E-state index is 11.6. The fraction of sp³-hybridized carbons (Fsp3) is 0.261. The molecule has 0 atom stereocenters. The van der Waals surface area contributed by atoms with Gasteiger partial charge in [-0.2, -0.15) is 0 Å². The van der Waals surface area contributed by atoms with E-state index in [1.54, 1.807) is 6.07 Å². The number of aliphatic hydroxyl groups excluding tert-OH is 1. The number of rotatable bonds is 4. The summed E-state index contributed by atoms with van der Waals surface area (Å²) in [6.45, 7) is 3.52. The van der Waals surface area contributed by atoms with Crippen LogP contribution in [0.2, 0.25) is 0 Å². The van der Waals surface area contributed by atoms with E-state index in [-0.39, 0.29) is 6.10 Å². The monoisotopic (exact) mass is 434 g/mol. The molecule has 7 N–H and O–H groups in total. The van der Waals surface area contributed by atoms with Gasteiger partial charge in [-0.3, -0.25) is 5.73 Å². The minimum absolute atomic E-state index is 0.262. The van der Waals surface area contributed by atoms with Crippen molar-refractivity contribution in [3.63, 3.8) is 0 Å². The predicted molar refractivity (Wildman–Crippen MR) is 124 cm³/mol. The second-order valence-electron chi connectivity index (χ2n) is 8.01. The molecule has 0 unspecified atom stereocenters. The highest BCUT2D eigenvalue weighted by Gasteiger charge is 2.19. The molecule has 0 aliphatic carbocycles. The van der Waals surface area contributed by atoms with E-state index in [9.17, 15) is 9.90 Å². The summed E-state index contributed by atoms with van der Waals surface area (Å²) >= 11 is 0. The van der Waals surface area contributed by atoms with Crippen molar-refractivity contribution in [3.05, 3.63) is 65.0 Å². The normalized spacial score (nSPS) is 15.9. The van der Waals surface area contributed by atoms with Gasteiger partial charge in [0.2, 0.25) is 0 Å². The topological polar surface area (TPSA) is 139 Å². The van der Waals surface area contributed by atoms with Gasteiger partial charge in [0.05, 0.1) is 23.2 Å². The lowest BCUT2D eigenvalue weighted by Gasteiger charge is -2.31. The summed E-state index contributed by atoms with van der Waals surface area (Å²) in [6, 6.07) is 14.8. The van der Waals surface area contributed by atoms with Gasteiger partial charge in [-0.25, -0.2) is 9.89 Å². The van der Waals surface area contributed by atoms with Crippen molar-refractivity contribution in [2.24, 2.45) is 10.8 Å². The average molecular weight is 435 g/mol. The van der Waals surface area contributed by atoms with Crippen LogP contribution in [0.5, 0.6) is 0 Å². The molecule has 3 aromatic rings. The molecule has 9 nitrogen and oxygen atoms in total. The van der Waals surface area contributed by atoms with Gasteiger partial charge in [0.15, 0.2) is 0 Å². The molecule has 2 heterocycles. The molecule has 0 bridgehead atoms. The van der Waals surface area contributed by atoms with Gasteiger partial charge in [0.25, 0.3) is 0 Å². The zero-order valence-corrected chi connectivity index (χ0v) is 18.0. The number of aromatic amines is 1. The van der Waals surface area contributed by atoms with Crippen LogP contribution in [0.15, 0.2) is 53.6 Å². The highest BCUT2D eigenvalue weighted by molar-refractivity contribution is 5.92. The number of piperidine rings is 1. The SMILES string of the molecule is Cc1ccc(C=c2cc(N)[n+](=Nc3ccc(N4CCC(O)CC4)cc3NC(N)=O)[nH]2)cc1. The number of aromatic nitrogens is 2. The van der Waals surface area contributed by atoms with E-state index in [1.165, 1.54) is 10.0 Å². The Kier molecular flexibility index (Phi) is 6.09. The van der Waals surface area contributed by atoms with Gasteiger partial charge in [-0.15, -0.1) is 0 Å². The zero-order chi connectivity index (χ0) is 22.7. The number of carbonyl (C=O) groups is 1. The van der Waals surface area contributed by atoms with Crippen LogP contribution in [0.25, 0.3) is 6.08 Å². The van der Waals surface area contributed by atoms with Gasteiger partial charge in [-0.05, 0) is 54.1 Å². The smallest absolute Gasteiger partial charge is 0.321 e. The summed E-state index contributed by atoms with van der Waals surface area (Å²) in [7, 11) is 0. The number of nitrogens with one attached hydrogen (secondary N) is 2. The molecule has 2 amide bonds. The summed E-state index contributed by atoms with van der Waals surface area (Å²) in [4.78, 5) is 13.7. The third-order valence-corrected chi connectivity index (χ3v) is 5.46. The van der Waals surface area contributed by atoms with Gasteiger partial charge in [-0.1, -0.05) is 34.9 Å². The van der Waals surface area contributed by atoms with Crippen LogP contribution in [-0.2, 0) is 0 Å². The Morgan fingerprint density at radius 3 is 2.62 bits per heavy atom. The standard InChI is InChI=1S/C23H27N7O2/c1-15-2-4-16(5-3-15)12-17-13-22(24)30(27-17)28-20-7-6-18(14-21(20)26-23(25)32)29-10-8-19(31)9-11-29/h2-7,12-14,19,27,31H,8-11,24H2,1H3,(H2,25,32)/p+1. The molecule has 1 saturated heterocycles. The lowest BCUT2D eigenvalue weighted by molar-refractivity contribution is -0.590. The number of aryl methyl sites for hydroxylation is 1. The second-order valence-corrected chi connectivity index (χ2v) is 8.01. The predicted octanol–water partition coefficient (Wildman–Crippen LogP) is 1.84. The lowest BCUT2D eigenvalue weighted by atomic mass is 10.1. The minimum Gasteiger partial charge on any atom is -0.393 e. The van der Waals surface area contributed by atoms with E-state index in [1.807, 2.05) is 55.5 Å². The van der Waals surface area contributed by atoms with E-state index in [0.29, 0.717) is 30.0 Å². The number of anilines is 3. The quantitative estimate of drug-likeness (QED) is 0.400. The van der Waals surface area contributed by atoms with Crippen LogP contribution in [0, 0.1) is 6.92 Å². The van der Waals surface area contributed by atoms with Crippen LogP contribution < -0.4 is 31.5 Å². The Hall–Kier alpha value is -3.85. The molecular formula is C23H28N7O2+. The molecule has 1 aliphatic heterocycles. The Bertz CT molecular complexity index is 1230. The zero-order valence-electron chi connectivity index (χ0n) is 18.0. The second kappa shape index (κ2) is 9.11. The fourth-order valence-corrected chi connectivity index (χ4v) is 3.71. The lowest BCUT2D eigenvalue weighted by Crippen LogP contribution is -2.35. The average Bonchev–Trinajstić information content (AvgIpc) is 3.10. The molecule has 32 heavy (non-hydrogen) atoms. The number of primary amides is 1. The van der Waals surface area contributed by atoms with Crippen molar-refractivity contribution in [1.29, 1.82) is 0 Å². The van der Waals surface area contributed by atoms with Crippen LogP contribution in [0.4, 0.5) is 27.7 Å². The van der Waals surface area contributed by atoms with E-state index in [0.717, 1.165) is 29.7 Å². The maximum Gasteiger partial charge on any atom is 0.321 e. The van der Waals surface area contributed by atoms with Crippen molar-refractivity contribution in [1.82, 2.24) is 5.10 Å². The summed E-state index contributed by atoms with van der Waals surface area (Å²) in [5.74, 6) is 0.419. The largest absolute Gasteiger partial charge is 0.393 e. The first-order chi connectivity index (χ1) is 15.4. The molecule has 1 fully saturated rings. The third-order valence-electron chi connectivity index (χ3n) is 5.46. The van der Waals surface area contributed by atoms with Crippen molar-refractivity contribution < 1.29 is 14.4 Å². The number of hydrogen-bond acceptors (Lipinski definition) is 5. The van der Waals surface area contributed by atoms with Crippen LogP contribution in [-0.4, -0.2) is 35.4 Å². The summed E-state index contributed by atoms with van der Waals surface area (Å²) < 4.78 is 1.46. The highest BCUT2D eigenvalue weighted by atomic mass is 16.3. The number of nitrogens with zero attached hydrogens (tertiary/aromatic N) is 3. The molecule has 0 radical (unpaired) electrons. The van der Waals surface area contributed by atoms with Crippen molar-refractivity contribution in [2.45, 2.75) is 25.9 Å². The molecule has 2 aromatic carbocycles. The Morgan fingerprint density at radius 2 is 1.94 bits per heavy atom. The first-order valence-electron chi connectivity index (χ1n) is 10.5. The first-order valence-corrected chi connectivity index (χ1v) is 10.5. The molecule has 166 valence electrons. The van der Waals surface area contributed by atoms with Crippen LogP contribution in [0.3, 0.4) is 0 Å². The molecule has 1 aliphatic rings. The third kappa shape index (κ3) is 5.06. The number of hydrogen-bond donors (Lipinski definition) is 5. The number of amides is 2.